The second-order valence-corrected chi connectivity index (χ2v) is 8.26. The van der Waals surface area contributed by atoms with Gasteiger partial charge in [-0.25, -0.2) is 4.79 Å². The molecule has 1 N–H and O–H groups in total. The second-order valence-electron chi connectivity index (χ2n) is 8.26. The van der Waals surface area contributed by atoms with E-state index in [2.05, 4.69) is 24.1 Å². The molecule has 3 rings (SSSR count). The molecule has 1 aromatic carbocycles. The number of nitrogens with zero attached hydrogens (tertiary/aromatic N) is 2. The zero-order valence-electron chi connectivity index (χ0n) is 16.4. The van der Waals surface area contributed by atoms with Crippen LogP contribution in [-0.2, 0) is 0 Å². The van der Waals surface area contributed by atoms with Crippen LogP contribution in [0, 0.1) is 17.8 Å². The molecule has 2 heterocycles. The Morgan fingerprint density at radius 3 is 2.54 bits per heavy atom. The van der Waals surface area contributed by atoms with Crippen LogP contribution in [0.15, 0.2) is 24.3 Å². The fraction of sp³-hybridized carbons (Fsp3) is 0.667. The number of carbonyl (C=O) groups excluding carboxylic acids is 1. The predicted molar refractivity (Wildman–Crippen MR) is 106 cm³/mol. The number of anilines is 1. The van der Waals surface area contributed by atoms with Gasteiger partial charge in [0, 0.05) is 44.5 Å². The first-order chi connectivity index (χ1) is 12.5. The Kier molecular flexibility index (Phi) is 6.41. The third kappa shape index (κ3) is 5.13. The summed E-state index contributed by atoms with van der Waals surface area (Å²) in [7, 11) is 1.63. The van der Waals surface area contributed by atoms with Crippen LogP contribution in [0.3, 0.4) is 0 Å². The highest BCUT2D eigenvalue weighted by atomic mass is 16.5. The molecule has 0 saturated carbocycles. The molecule has 2 amide bonds. The minimum absolute atomic E-state index is 0.00285. The Labute approximate surface area is 157 Å². The summed E-state index contributed by atoms with van der Waals surface area (Å²) in [6.07, 6.45) is 3.56. The minimum atomic E-state index is -0.00285. The van der Waals surface area contributed by atoms with E-state index in [4.69, 9.17) is 4.74 Å². The molecule has 2 aliphatic heterocycles. The number of rotatable bonds is 4. The normalized spacial score (nSPS) is 25.1. The van der Waals surface area contributed by atoms with Crippen molar-refractivity contribution in [2.75, 3.05) is 45.2 Å². The van der Waals surface area contributed by atoms with E-state index in [0.717, 1.165) is 49.2 Å². The van der Waals surface area contributed by atoms with Gasteiger partial charge >= 0.3 is 6.03 Å². The van der Waals surface area contributed by atoms with Crippen molar-refractivity contribution < 1.29 is 9.53 Å². The summed E-state index contributed by atoms with van der Waals surface area (Å²) in [6, 6.07) is 7.51. The summed E-state index contributed by atoms with van der Waals surface area (Å²) >= 11 is 0. The Bertz CT molecular complexity index is 589. The Balaban J connectivity index is 1.45. The van der Waals surface area contributed by atoms with Gasteiger partial charge in [-0.15, -0.1) is 0 Å². The average molecular weight is 360 g/mol. The van der Waals surface area contributed by atoms with Crippen LogP contribution in [-0.4, -0.2) is 55.7 Å². The Hall–Kier alpha value is -1.75. The maximum absolute atomic E-state index is 12.5. The van der Waals surface area contributed by atoms with E-state index in [9.17, 15) is 4.79 Å². The lowest BCUT2D eigenvalue weighted by Gasteiger charge is -2.39. The smallest absolute Gasteiger partial charge is 0.321 e. The standard InChI is InChI=1S/C21H33N3O2/c1-16-11-17(2)14-23(13-16)15-18-7-9-24(10-8-18)21(25)22-19-5-4-6-20(12-19)26-3/h4-6,12,16-18H,7-11,13-15H2,1-3H3,(H,22,25)/t16-,17-/m1/s1. The molecule has 5 nitrogen and oxygen atoms in total. The molecule has 0 unspecified atom stereocenters. The quantitative estimate of drug-likeness (QED) is 0.886. The van der Waals surface area contributed by atoms with Gasteiger partial charge in [0.15, 0.2) is 0 Å². The summed E-state index contributed by atoms with van der Waals surface area (Å²) in [5, 5.41) is 2.99. The first kappa shape index (κ1) is 19.0. The van der Waals surface area contributed by atoms with E-state index in [1.165, 1.54) is 26.1 Å². The van der Waals surface area contributed by atoms with Crippen molar-refractivity contribution in [2.45, 2.75) is 33.1 Å². The van der Waals surface area contributed by atoms with E-state index < -0.39 is 0 Å². The molecule has 2 saturated heterocycles. The molecule has 1 aromatic rings. The third-order valence-corrected chi connectivity index (χ3v) is 5.68. The summed E-state index contributed by atoms with van der Waals surface area (Å²) in [5.41, 5.74) is 0.785. The lowest BCUT2D eigenvalue weighted by Crippen LogP contribution is -2.46. The fourth-order valence-electron chi connectivity index (χ4n) is 4.53. The lowest BCUT2D eigenvalue weighted by atomic mass is 9.89. The highest BCUT2D eigenvalue weighted by Gasteiger charge is 2.27. The second kappa shape index (κ2) is 8.76. The van der Waals surface area contributed by atoms with Crippen molar-refractivity contribution in [1.29, 1.82) is 0 Å². The van der Waals surface area contributed by atoms with E-state index in [1.807, 2.05) is 29.2 Å². The molecule has 0 aromatic heterocycles. The molecule has 2 aliphatic rings. The van der Waals surface area contributed by atoms with Gasteiger partial charge in [0.1, 0.15) is 5.75 Å². The third-order valence-electron chi connectivity index (χ3n) is 5.68. The van der Waals surface area contributed by atoms with Gasteiger partial charge in [0.25, 0.3) is 0 Å². The Morgan fingerprint density at radius 2 is 1.88 bits per heavy atom. The molecule has 0 aliphatic carbocycles. The highest BCUT2D eigenvalue weighted by Crippen LogP contribution is 2.25. The SMILES string of the molecule is COc1cccc(NC(=O)N2CCC(CN3C[C@H](C)C[C@@H](C)C3)CC2)c1. The van der Waals surface area contributed by atoms with Crippen LogP contribution in [0.4, 0.5) is 10.5 Å². The molecule has 2 atom stereocenters. The number of piperidine rings is 2. The van der Waals surface area contributed by atoms with Crippen LogP contribution in [0.1, 0.15) is 33.1 Å². The molecule has 26 heavy (non-hydrogen) atoms. The number of likely N-dealkylation sites (tertiary alicyclic amines) is 2. The molecule has 0 spiro atoms. The van der Waals surface area contributed by atoms with Gasteiger partial charge in [0.2, 0.25) is 0 Å². The molecular weight excluding hydrogens is 326 g/mol. The van der Waals surface area contributed by atoms with Gasteiger partial charge in [-0.2, -0.15) is 0 Å². The van der Waals surface area contributed by atoms with E-state index in [-0.39, 0.29) is 6.03 Å². The van der Waals surface area contributed by atoms with Gasteiger partial charge in [0.05, 0.1) is 7.11 Å². The number of urea groups is 1. The van der Waals surface area contributed by atoms with E-state index in [0.29, 0.717) is 5.92 Å². The van der Waals surface area contributed by atoms with Crippen LogP contribution in [0.25, 0.3) is 0 Å². The number of amides is 2. The summed E-state index contributed by atoms with van der Waals surface area (Å²) in [5.74, 6) is 3.10. The number of hydrogen-bond acceptors (Lipinski definition) is 3. The maximum Gasteiger partial charge on any atom is 0.321 e. The summed E-state index contributed by atoms with van der Waals surface area (Å²) in [6.45, 7) is 10.1. The lowest BCUT2D eigenvalue weighted by molar-refractivity contribution is 0.101. The molecular formula is C21H33N3O2. The van der Waals surface area contributed by atoms with Crippen LogP contribution < -0.4 is 10.1 Å². The van der Waals surface area contributed by atoms with E-state index >= 15 is 0 Å². The first-order valence-electron chi connectivity index (χ1n) is 9.96. The minimum Gasteiger partial charge on any atom is -0.497 e. The molecule has 0 radical (unpaired) electrons. The van der Waals surface area contributed by atoms with Crippen molar-refractivity contribution in [2.24, 2.45) is 17.8 Å². The van der Waals surface area contributed by atoms with Crippen molar-refractivity contribution in [3.63, 3.8) is 0 Å². The maximum atomic E-state index is 12.5. The van der Waals surface area contributed by atoms with Crippen molar-refractivity contribution >= 4 is 11.7 Å². The zero-order valence-corrected chi connectivity index (χ0v) is 16.4. The number of nitrogens with one attached hydrogen (secondary N) is 1. The molecule has 5 heteroatoms. The number of hydrogen-bond donors (Lipinski definition) is 1. The fourth-order valence-corrected chi connectivity index (χ4v) is 4.53. The summed E-state index contributed by atoms with van der Waals surface area (Å²) in [4.78, 5) is 17.1. The van der Waals surface area contributed by atoms with Gasteiger partial charge in [-0.3, -0.25) is 0 Å². The van der Waals surface area contributed by atoms with Gasteiger partial charge in [-0.1, -0.05) is 19.9 Å². The summed E-state index contributed by atoms with van der Waals surface area (Å²) < 4.78 is 5.21. The molecule has 0 bridgehead atoms. The van der Waals surface area contributed by atoms with Crippen molar-refractivity contribution in [1.82, 2.24) is 9.80 Å². The van der Waals surface area contributed by atoms with Gasteiger partial charge < -0.3 is 19.9 Å². The number of carbonyl (C=O) groups is 1. The topological polar surface area (TPSA) is 44.8 Å². The zero-order chi connectivity index (χ0) is 18.5. The largest absolute Gasteiger partial charge is 0.497 e. The number of benzene rings is 1. The molecule has 2 fully saturated rings. The monoisotopic (exact) mass is 359 g/mol. The first-order valence-corrected chi connectivity index (χ1v) is 9.96. The molecule has 144 valence electrons. The van der Waals surface area contributed by atoms with Crippen molar-refractivity contribution in [3.8, 4) is 5.75 Å². The number of methoxy groups -OCH3 is 1. The number of ether oxygens (including phenoxy) is 1. The van der Waals surface area contributed by atoms with Gasteiger partial charge in [-0.05, 0) is 49.1 Å². The van der Waals surface area contributed by atoms with Crippen LogP contribution >= 0.6 is 0 Å². The van der Waals surface area contributed by atoms with Crippen molar-refractivity contribution in [3.05, 3.63) is 24.3 Å². The Morgan fingerprint density at radius 1 is 1.19 bits per heavy atom. The van der Waals surface area contributed by atoms with Crippen LogP contribution in [0.5, 0.6) is 5.75 Å². The van der Waals surface area contributed by atoms with Crippen LogP contribution in [0.2, 0.25) is 0 Å². The van der Waals surface area contributed by atoms with E-state index in [1.54, 1.807) is 7.11 Å². The predicted octanol–water partition coefficient (Wildman–Crippen LogP) is 3.92. The highest BCUT2D eigenvalue weighted by molar-refractivity contribution is 5.89. The average Bonchev–Trinajstić information content (AvgIpc) is 2.61.